The second kappa shape index (κ2) is 50.0. The Morgan fingerprint density at radius 3 is 1.23 bits per heavy atom. The molecule has 4 heterocycles. The Hall–Kier alpha value is -2.42. The zero-order valence-electron chi connectivity index (χ0n) is 57.5. The number of aliphatic hydroxyl groups excluding tert-OH is 13. The summed E-state index contributed by atoms with van der Waals surface area (Å²) in [4.78, 5) is 25.5. The number of hydrogen-bond donors (Lipinski definition) is 15. The van der Waals surface area contributed by atoms with E-state index in [1.165, 1.54) is 154 Å². The molecule has 95 heavy (non-hydrogen) atoms. The van der Waals surface area contributed by atoms with E-state index >= 15 is 0 Å². The van der Waals surface area contributed by atoms with E-state index in [1.54, 1.807) is 6.08 Å². The number of carbonyl (C=O) groups is 2. The first-order chi connectivity index (χ1) is 46.0. The molecule has 0 aromatic carbocycles. The summed E-state index contributed by atoms with van der Waals surface area (Å²) in [6, 6.07) is -2.53. The molecular weight excluding hydrogens is 1240 g/mol. The topological polar surface area (TPSA) is 395 Å². The van der Waals surface area contributed by atoms with E-state index in [0.717, 1.165) is 51.9 Å². The first-order valence-corrected chi connectivity index (χ1v) is 36.6. The van der Waals surface area contributed by atoms with E-state index in [9.17, 15) is 76.0 Å². The molecule has 4 rings (SSSR count). The van der Waals surface area contributed by atoms with Gasteiger partial charge < -0.3 is 115 Å². The van der Waals surface area contributed by atoms with Crippen molar-refractivity contribution in [2.24, 2.45) is 0 Å². The highest BCUT2D eigenvalue weighted by atomic mass is 16.8. The lowest BCUT2D eigenvalue weighted by molar-refractivity contribution is -0.386. The molecular formula is C70H128N2O23. The summed E-state index contributed by atoms with van der Waals surface area (Å²) in [5, 5.41) is 148. The molecule has 0 aliphatic carbocycles. The van der Waals surface area contributed by atoms with Gasteiger partial charge in [-0.25, -0.2) is 0 Å². The molecule has 25 heteroatoms. The standard InChI is InChI=1S/C70H128N2O23/c1-4-6-8-10-12-14-16-18-19-20-21-22-23-24-25-26-27-29-31-33-35-37-39-41-54(79)72-48(49(78)40-38-36-34-32-30-28-17-15-13-11-9-7-5-2)46-88-68-61(85)59(83)64(52(44-75)91-68)93-69-62(86)60(84)65(53(45-76)92-69)94-70-63(87)66(57(81)51(43-74)90-70)95-67-55(71-47(3)77)58(82)56(80)50(42-73)89-67/h18-19,38,40,48-53,55-70,73-76,78,80-87H,4-17,20-37,39,41-46H2,1-3H3,(H,71,77)(H,72,79). The SMILES string of the molecule is CCCCCCCCC=CCCCCCCCCCCCCCCCC(=O)NC(COC1OC(CO)C(OC2OC(CO)C(OC3OC(CO)C(O)C(OC4OC(CO)C(O)C(O)C4NC(C)=O)C3O)C(O)C2O)C(O)C1O)C(O)C=CCCCCCCCCCCCCC. The predicted molar refractivity (Wildman–Crippen MR) is 354 cm³/mol. The average molecular weight is 1370 g/mol. The first kappa shape index (κ1) is 85.0. The lowest BCUT2D eigenvalue weighted by Crippen LogP contribution is -2.69. The molecule has 4 aliphatic heterocycles. The van der Waals surface area contributed by atoms with Crippen LogP contribution >= 0.6 is 0 Å². The molecule has 25 nitrogen and oxygen atoms in total. The number of carbonyl (C=O) groups excluding carboxylic acids is 2. The molecule has 4 aliphatic rings. The molecule has 0 aromatic rings. The number of nitrogens with one attached hydrogen (secondary N) is 2. The van der Waals surface area contributed by atoms with Crippen molar-refractivity contribution in [1.82, 2.24) is 10.6 Å². The van der Waals surface area contributed by atoms with Crippen LogP contribution < -0.4 is 10.6 Å². The highest BCUT2D eigenvalue weighted by Crippen LogP contribution is 2.35. The number of hydrogen-bond acceptors (Lipinski definition) is 23. The highest BCUT2D eigenvalue weighted by molar-refractivity contribution is 5.76. The fourth-order valence-electron chi connectivity index (χ4n) is 12.8. The molecule has 4 fully saturated rings. The number of aliphatic hydroxyl groups is 13. The summed E-state index contributed by atoms with van der Waals surface area (Å²) in [7, 11) is 0. The maximum Gasteiger partial charge on any atom is 0.220 e. The quantitative estimate of drug-likeness (QED) is 0.0290. The fourth-order valence-corrected chi connectivity index (χ4v) is 12.8. The zero-order chi connectivity index (χ0) is 69.3. The fraction of sp³-hybridized carbons (Fsp3) is 0.914. The van der Waals surface area contributed by atoms with Crippen LogP contribution in [0.4, 0.5) is 0 Å². The number of amides is 2. The van der Waals surface area contributed by atoms with Gasteiger partial charge in [0.2, 0.25) is 11.8 Å². The number of unbranched alkanes of at least 4 members (excludes halogenated alkanes) is 30. The molecule has 15 N–H and O–H groups in total. The molecule has 556 valence electrons. The number of ether oxygens (including phenoxy) is 8. The smallest absolute Gasteiger partial charge is 0.220 e. The molecule has 0 spiro atoms. The minimum Gasteiger partial charge on any atom is -0.394 e. The Morgan fingerprint density at radius 1 is 0.411 bits per heavy atom. The lowest BCUT2D eigenvalue weighted by Gasteiger charge is -2.49. The van der Waals surface area contributed by atoms with Crippen molar-refractivity contribution in [1.29, 1.82) is 0 Å². The second-order valence-electron chi connectivity index (χ2n) is 26.8. The number of rotatable bonds is 52. The van der Waals surface area contributed by atoms with Crippen LogP contribution in [0.5, 0.6) is 0 Å². The summed E-state index contributed by atoms with van der Waals surface area (Å²) in [5.41, 5.74) is 0. The van der Waals surface area contributed by atoms with Crippen molar-refractivity contribution >= 4 is 11.8 Å². The third-order valence-corrected chi connectivity index (χ3v) is 18.8. The summed E-state index contributed by atoms with van der Waals surface area (Å²) in [5.74, 6) is -1.00. The van der Waals surface area contributed by atoms with Gasteiger partial charge in [0, 0.05) is 13.3 Å². The van der Waals surface area contributed by atoms with E-state index in [4.69, 9.17) is 37.9 Å². The molecule has 22 atom stereocenters. The Kier molecular flexibility index (Phi) is 44.7. The van der Waals surface area contributed by atoms with E-state index in [1.807, 2.05) is 6.08 Å². The normalized spacial score (nSPS) is 32.1. The van der Waals surface area contributed by atoms with E-state index in [0.29, 0.717) is 12.8 Å². The van der Waals surface area contributed by atoms with Gasteiger partial charge in [0.05, 0.1) is 45.2 Å². The Morgan fingerprint density at radius 2 is 0.779 bits per heavy atom. The van der Waals surface area contributed by atoms with Crippen LogP contribution in [0.3, 0.4) is 0 Å². The van der Waals surface area contributed by atoms with Crippen LogP contribution in [0, 0.1) is 0 Å². The Balaban J connectivity index is 1.28. The molecule has 0 radical (unpaired) electrons. The number of allylic oxidation sites excluding steroid dienone is 3. The maximum absolute atomic E-state index is 13.5. The van der Waals surface area contributed by atoms with Gasteiger partial charge in [-0.3, -0.25) is 9.59 Å². The van der Waals surface area contributed by atoms with Crippen molar-refractivity contribution in [3.8, 4) is 0 Å². The Labute approximate surface area is 565 Å². The third kappa shape index (κ3) is 30.8. The van der Waals surface area contributed by atoms with Crippen LogP contribution in [-0.2, 0) is 47.5 Å². The van der Waals surface area contributed by atoms with Crippen LogP contribution in [0.25, 0.3) is 0 Å². The van der Waals surface area contributed by atoms with Crippen molar-refractivity contribution in [2.75, 3.05) is 33.0 Å². The summed E-state index contributed by atoms with van der Waals surface area (Å²) in [6.45, 7) is 1.63. The van der Waals surface area contributed by atoms with Gasteiger partial charge in [0.1, 0.15) is 97.6 Å². The van der Waals surface area contributed by atoms with E-state index in [2.05, 4.69) is 36.6 Å². The van der Waals surface area contributed by atoms with Gasteiger partial charge >= 0.3 is 0 Å². The first-order valence-electron chi connectivity index (χ1n) is 36.6. The zero-order valence-corrected chi connectivity index (χ0v) is 57.5. The van der Waals surface area contributed by atoms with Crippen molar-refractivity contribution in [3.05, 3.63) is 24.3 Å². The average Bonchev–Trinajstić information content (AvgIpc) is 0.785. The molecule has 0 bridgehead atoms. The van der Waals surface area contributed by atoms with Crippen molar-refractivity contribution in [2.45, 2.75) is 374 Å². The summed E-state index contributed by atoms with van der Waals surface area (Å²) >= 11 is 0. The van der Waals surface area contributed by atoms with Crippen LogP contribution in [0.2, 0.25) is 0 Å². The van der Waals surface area contributed by atoms with E-state index < -0.39 is 174 Å². The van der Waals surface area contributed by atoms with Crippen LogP contribution in [0.15, 0.2) is 24.3 Å². The molecule has 22 unspecified atom stereocenters. The van der Waals surface area contributed by atoms with Gasteiger partial charge in [-0.15, -0.1) is 0 Å². The summed E-state index contributed by atoms with van der Waals surface area (Å²) in [6.07, 6.45) is 12.4. The summed E-state index contributed by atoms with van der Waals surface area (Å²) < 4.78 is 46.5. The maximum atomic E-state index is 13.5. The van der Waals surface area contributed by atoms with Crippen molar-refractivity contribution in [3.63, 3.8) is 0 Å². The minimum absolute atomic E-state index is 0.215. The van der Waals surface area contributed by atoms with Crippen LogP contribution in [-0.4, -0.2) is 246 Å². The molecule has 0 aromatic heterocycles. The molecule has 2 amide bonds. The third-order valence-electron chi connectivity index (χ3n) is 18.8. The molecule has 4 saturated heterocycles. The largest absolute Gasteiger partial charge is 0.394 e. The second-order valence-corrected chi connectivity index (χ2v) is 26.8. The van der Waals surface area contributed by atoms with Gasteiger partial charge in [0.25, 0.3) is 0 Å². The monoisotopic (exact) mass is 1360 g/mol. The lowest BCUT2D eigenvalue weighted by atomic mass is 9.95. The van der Waals surface area contributed by atoms with E-state index in [-0.39, 0.29) is 12.3 Å². The van der Waals surface area contributed by atoms with Gasteiger partial charge in [-0.2, -0.15) is 0 Å². The van der Waals surface area contributed by atoms with Crippen LogP contribution in [0.1, 0.15) is 239 Å². The minimum atomic E-state index is -2.10. The predicted octanol–water partition coefficient (Wildman–Crippen LogP) is 4.68. The van der Waals surface area contributed by atoms with Gasteiger partial charge in [0.15, 0.2) is 25.2 Å². The van der Waals surface area contributed by atoms with Crippen molar-refractivity contribution < 1.29 is 114 Å². The highest BCUT2D eigenvalue weighted by Gasteiger charge is 2.56. The molecule has 0 saturated carbocycles. The Bertz CT molecular complexity index is 2010. The van der Waals surface area contributed by atoms with Gasteiger partial charge in [-0.1, -0.05) is 205 Å². The van der Waals surface area contributed by atoms with Gasteiger partial charge in [-0.05, 0) is 44.9 Å².